The van der Waals surface area contributed by atoms with E-state index in [4.69, 9.17) is 10.2 Å². The van der Waals surface area contributed by atoms with E-state index in [9.17, 15) is 9.59 Å². The van der Waals surface area contributed by atoms with Crippen molar-refractivity contribution in [3.05, 3.63) is 0 Å². The maximum absolute atomic E-state index is 11.1. The molecule has 0 aromatic heterocycles. The predicted molar refractivity (Wildman–Crippen MR) is 68.5 cm³/mol. The van der Waals surface area contributed by atoms with Crippen molar-refractivity contribution in [2.24, 2.45) is 11.3 Å². The number of unbranched alkanes of at least 4 members (excludes halogenated alkanes) is 2. The standard InChI is InChI=1S/C12H22O4.K.H/c1-4-6-7-8-9(5-2)12(3,10(13)14)11(15)16;;/h9H,4-8H2,1-3H3,(H,13,14)(H,15,16);;. The molecule has 0 aliphatic heterocycles. The van der Waals surface area contributed by atoms with Crippen LogP contribution in [-0.2, 0) is 9.59 Å². The van der Waals surface area contributed by atoms with E-state index in [2.05, 4.69) is 6.92 Å². The Morgan fingerprint density at radius 1 is 1.12 bits per heavy atom. The van der Waals surface area contributed by atoms with Crippen molar-refractivity contribution in [1.29, 1.82) is 0 Å². The van der Waals surface area contributed by atoms with Gasteiger partial charge in [0.1, 0.15) is 0 Å². The minimum absolute atomic E-state index is 0. The summed E-state index contributed by atoms with van der Waals surface area (Å²) in [5.74, 6) is -2.76. The monoisotopic (exact) mass is 270 g/mol. The SMILES string of the molecule is CCCCCC(CC)C(C)(C(=O)O)C(=O)O.[KH]. The van der Waals surface area contributed by atoms with E-state index in [0.717, 1.165) is 19.3 Å². The molecule has 2 N–H and O–H groups in total. The first-order valence-electron chi connectivity index (χ1n) is 5.87. The van der Waals surface area contributed by atoms with Crippen LogP contribution in [0.2, 0.25) is 0 Å². The fraction of sp³-hybridized carbons (Fsp3) is 0.833. The van der Waals surface area contributed by atoms with Crippen molar-refractivity contribution < 1.29 is 19.8 Å². The Kier molecular flexibility index (Phi) is 11.1. The predicted octanol–water partition coefficient (Wildman–Crippen LogP) is 2.12. The van der Waals surface area contributed by atoms with E-state index in [-0.39, 0.29) is 57.3 Å². The van der Waals surface area contributed by atoms with Crippen molar-refractivity contribution in [2.45, 2.75) is 52.9 Å². The molecule has 17 heavy (non-hydrogen) atoms. The first kappa shape index (κ1) is 19.9. The van der Waals surface area contributed by atoms with Gasteiger partial charge in [0, 0.05) is 0 Å². The van der Waals surface area contributed by atoms with E-state index in [1.54, 1.807) is 0 Å². The van der Waals surface area contributed by atoms with Gasteiger partial charge in [-0.15, -0.1) is 0 Å². The van der Waals surface area contributed by atoms with Crippen LogP contribution in [0.5, 0.6) is 0 Å². The first-order valence-corrected chi connectivity index (χ1v) is 5.87. The third kappa shape index (κ3) is 5.38. The van der Waals surface area contributed by atoms with Crippen LogP contribution in [0.25, 0.3) is 0 Å². The van der Waals surface area contributed by atoms with Crippen molar-refractivity contribution in [2.75, 3.05) is 0 Å². The van der Waals surface area contributed by atoms with Gasteiger partial charge in [0.2, 0.25) is 0 Å². The molecule has 0 spiro atoms. The molecule has 0 bridgehead atoms. The number of rotatable bonds is 8. The molecular weight excluding hydrogens is 247 g/mol. The number of carboxylic acids is 2. The summed E-state index contributed by atoms with van der Waals surface area (Å²) >= 11 is 0. The van der Waals surface area contributed by atoms with Gasteiger partial charge in [0.25, 0.3) is 0 Å². The van der Waals surface area contributed by atoms with E-state index >= 15 is 0 Å². The van der Waals surface area contributed by atoms with Crippen LogP contribution in [0.1, 0.15) is 52.9 Å². The average Bonchev–Trinajstić information content (AvgIpc) is 2.23. The molecule has 1 atom stereocenters. The zero-order valence-corrected chi connectivity index (χ0v) is 10.3. The third-order valence-corrected chi connectivity index (χ3v) is 3.35. The van der Waals surface area contributed by atoms with E-state index < -0.39 is 17.4 Å². The molecule has 0 aromatic rings. The molecule has 4 nitrogen and oxygen atoms in total. The Morgan fingerprint density at radius 2 is 1.59 bits per heavy atom. The zero-order chi connectivity index (χ0) is 12.8. The summed E-state index contributed by atoms with van der Waals surface area (Å²) < 4.78 is 0. The van der Waals surface area contributed by atoms with Gasteiger partial charge in [0.05, 0.1) is 0 Å². The van der Waals surface area contributed by atoms with Gasteiger partial charge in [-0.05, 0) is 19.3 Å². The molecule has 0 aliphatic rings. The van der Waals surface area contributed by atoms with E-state index in [1.807, 2.05) is 6.92 Å². The Morgan fingerprint density at radius 3 is 1.88 bits per heavy atom. The molecule has 0 amide bonds. The number of hydrogen-bond donors (Lipinski definition) is 2. The second kappa shape index (κ2) is 9.50. The Hall–Kier alpha value is 0.576. The van der Waals surface area contributed by atoms with Crippen LogP contribution in [0.4, 0.5) is 0 Å². The van der Waals surface area contributed by atoms with Crippen molar-refractivity contribution in [1.82, 2.24) is 0 Å². The van der Waals surface area contributed by atoms with E-state index in [1.165, 1.54) is 6.92 Å². The molecule has 1 unspecified atom stereocenters. The van der Waals surface area contributed by atoms with Gasteiger partial charge in [-0.25, -0.2) is 0 Å². The first-order chi connectivity index (χ1) is 7.41. The van der Waals surface area contributed by atoms with Gasteiger partial charge in [-0.3, -0.25) is 9.59 Å². The molecule has 96 valence electrons. The number of carbonyl (C=O) groups is 2. The summed E-state index contributed by atoms with van der Waals surface area (Å²) in [6.07, 6.45) is 4.21. The van der Waals surface area contributed by atoms with Gasteiger partial charge >= 0.3 is 63.3 Å². The second-order valence-electron chi connectivity index (χ2n) is 4.41. The molecule has 0 radical (unpaired) electrons. The topological polar surface area (TPSA) is 74.6 Å². The molecule has 0 aliphatic carbocycles. The van der Waals surface area contributed by atoms with Gasteiger partial charge in [-0.2, -0.15) is 0 Å². The average molecular weight is 270 g/mol. The van der Waals surface area contributed by atoms with Crippen LogP contribution in [-0.4, -0.2) is 73.5 Å². The van der Waals surface area contributed by atoms with Crippen LogP contribution < -0.4 is 0 Å². The normalized spacial score (nSPS) is 12.6. The molecular formula is C12H23KO4. The summed E-state index contributed by atoms with van der Waals surface area (Å²) in [6, 6.07) is 0. The summed E-state index contributed by atoms with van der Waals surface area (Å²) in [5, 5.41) is 18.2. The van der Waals surface area contributed by atoms with Crippen molar-refractivity contribution in [3.63, 3.8) is 0 Å². The molecule has 0 rings (SSSR count). The number of aliphatic carboxylic acids is 2. The van der Waals surface area contributed by atoms with Crippen LogP contribution in [0, 0.1) is 11.3 Å². The molecule has 0 aromatic carbocycles. The summed E-state index contributed by atoms with van der Waals surface area (Å²) in [7, 11) is 0. The fourth-order valence-corrected chi connectivity index (χ4v) is 1.98. The number of carboxylic acid groups (broad SMARTS) is 2. The maximum atomic E-state index is 11.1. The van der Waals surface area contributed by atoms with Crippen molar-refractivity contribution in [3.8, 4) is 0 Å². The number of hydrogen-bond acceptors (Lipinski definition) is 2. The Labute approximate surface area is 146 Å². The van der Waals surface area contributed by atoms with Crippen molar-refractivity contribution >= 4 is 63.3 Å². The second-order valence-corrected chi connectivity index (χ2v) is 4.41. The summed E-state index contributed by atoms with van der Waals surface area (Å²) in [4.78, 5) is 22.2. The van der Waals surface area contributed by atoms with Gasteiger partial charge in [-0.1, -0.05) is 39.5 Å². The van der Waals surface area contributed by atoms with Crippen LogP contribution in [0.15, 0.2) is 0 Å². The van der Waals surface area contributed by atoms with Crippen LogP contribution >= 0.6 is 0 Å². The Bertz CT molecular complexity index is 239. The van der Waals surface area contributed by atoms with E-state index in [0.29, 0.717) is 12.8 Å². The van der Waals surface area contributed by atoms with Gasteiger partial charge < -0.3 is 10.2 Å². The third-order valence-electron chi connectivity index (χ3n) is 3.35. The summed E-state index contributed by atoms with van der Waals surface area (Å²) in [5.41, 5.74) is -1.65. The molecule has 0 saturated carbocycles. The van der Waals surface area contributed by atoms with Crippen LogP contribution in [0.3, 0.4) is 0 Å². The summed E-state index contributed by atoms with van der Waals surface area (Å²) in [6.45, 7) is 5.23. The minimum atomic E-state index is -1.65. The zero-order valence-electron chi connectivity index (χ0n) is 10.3. The Balaban J connectivity index is 0. The molecule has 5 heteroatoms. The quantitative estimate of drug-likeness (QED) is 0.402. The molecule has 0 fully saturated rings. The molecule has 0 saturated heterocycles. The fourth-order valence-electron chi connectivity index (χ4n) is 1.98. The molecule has 0 heterocycles. The van der Waals surface area contributed by atoms with Gasteiger partial charge in [0.15, 0.2) is 5.41 Å².